The van der Waals surface area contributed by atoms with Crippen molar-refractivity contribution in [2.75, 3.05) is 13.6 Å². The number of aryl methyl sites for hydroxylation is 2. The van der Waals surface area contributed by atoms with Gasteiger partial charge in [-0.1, -0.05) is 30.4 Å². The molecule has 5 heteroatoms. The summed E-state index contributed by atoms with van der Waals surface area (Å²) in [6.07, 6.45) is 3.70. The van der Waals surface area contributed by atoms with Crippen LogP contribution >= 0.6 is 0 Å². The van der Waals surface area contributed by atoms with E-state index in [-0.39, 0.29) is 24.0 Å². The van der Waals surface area contributed by atoms with Crippen molar-refractivity contribution in [3.8, 4) is 0 Å². The minimum atomic E-state index is -0.639. The Morgan fingerprint density at radius 2 is 2.07 bits per heavy atom. The monoisotopic (exact) mass is 368 g/mol. The molecule has 27 heavy (non-hydrogen) atoms. The molecule has 4 atom stereocenters. The van der Waals surface area contributed by atoms with E-state index in [9.17, 15) is 9.59 Å². The number of carbonyl (C=O) groups excluding carboxylic acids is 2. The van der Waals surface area contributed by atoms with Gasteiger partial charge in [0.05, 0.1) is 24.5 Å². The molecule has 2 fully saturated rings. The third kappa shape index (κ3) is 2.71. The van der Waals surface area contributed by atoms with Gasteiger partial charge in [0, 0.05) is 19.6 Å². The predicted molar refractivity (Wildman–Crippen MR) is 103 cm³/mol. The summed E-state index contributed by atoms with van der Waals surface area (Å²) < 4.78 is 6.21. The Kier molecular flexibility index (Phi) is 4.18. The predicted octanol–water partition coefficient (Wildman–Crippen LogP) is 2.45. The van der Waals surface area contributed by atoms with Gasteiger partial charge in [-0.25, -0.2) is 0 Å². The second-order valence-electron chi connectivity index (χ2n) is 8.56. The smallest absolute Gasteiger partial charge is 0.230 e. The summed E-state index contributed by atoms with van der Waals surface area (Å²) in [5.74, 6) is -0.782. The zero-order valence-corrected chi connectivity index (χ0v) is 16.7. The highest BCUT2D eigenvalue weighted by atomic mass is 16.5. The Bertz CT molecular complexity index is 831. The van der Waals surface area contributed by atoms with Crippen LogP contribution in [0.5, 0.6) is 0 Å². The SMILES string of the molecule is Cc1ccc(CN2C[C@@]34C=C[C@@H](O3)C(C(=O)N(C)C(C)C)C4C2=O)cc1C. The molecule has 2 saturated heterocycles. The number of nitrogens with zero attached hydrogens (tertiary/aromatic N) is 2. The number of benzene rings is 1. The number of hydrogen-bond acceptors (Lipinski definition) is 3. The van der Waals surface area contributed by atoms with E-state index in [0.717, 1.165) is 5.56 Å². The van der Waals surface area contributed by atoms with Crippen molar-refractivity contribution < 1.29 is 14.3 Å². The number of ether oxygens (including phenoxy) is 1. The molecule has 3 heterocycles. The molecule has 1 spiro atoms. The largest absolute Gasteiger partial charge is 0.360 e. The van der Waals surface area contributed by atoms with Crippen LogP contribution in [-0.4, -0.2) is 53.0 Å². The van der Waals surface area contributed by atoms with E-state index in [1.165, 1.54) is 11.1 Å². The summed E-state index contributed by atoms with van der Waals surface area (Å²) in [6.45, 7) is 9.22. The van der Waals surface area contributed by atoms with Crippen molar-refractivity contribution in [3.05, 3.63) is 47.0 Å². The summed E-state index contributed by atoms with van der Waals surface area (Å²) in [5, 5.41) is 0. The first kappa shape index (κ1) is 18.2. The van der Waals surface area contributed by atoms with Gasteiger partial charge in [0.15, 0.2) is 0 Å². The third-order valence-electron chi connectivity index (χ3n) is 6.53. The molecule has 2 unspecified atom stereocenters. The van der Waals surface area contributed by atoms with Crippen LogP contribution in [0.3, 0.4) is 0 Å². The molecule has 5 nitrogen and oxygen atoms in total. The molecule has 1 aromatic rings. The Balaban J connectivity index is 1.59. The zero-order valence-electron chi connectivity index (χ0n) is 16.7. The van der Waals surface area contributed by atoms with Crippen molar-refractivity contribution in [3.63, 3.8) is 0 Å². The molecule has 3 aliphatic heterocycles. The highest BCUT2D eigenvalue weighted by Gasteiger charge is 2.67. The molecule has 4 rings (SSSR count). The lowest BCUT2D eigenvalue weighted by Crippen LogP contribution is -2.46. The molecule has 2 amide bonds. The number of likely N-dealkylation sites (tertiary alicyclic amines) is 1. The van der Waals surface area contributed by atoms with Crippen LogP contribution in [0.4, 0.5) is 0 Å². The Morgan fingerprint density at radius 1 is 1.33 bits per heavy atom. The first-order chi connectivity index (χ1) is 12.7. The fourth-order valence-electron chi connectivity index (χ4n) is 4.61. The number of carbonyl (C=O) groups is 2. The molecule has 0 radical (unpaired) electrons. The van der Waals surface area contributed by atoms with E-state index in [2.05, 4.69) is 32.0 Å². The lowest BCUT2D eigenvalue weighted by atomic mass is 9.76. The maximum Gasteiger partial charge on any atom is 0.230 e. The van der Waals surface area contributed by atoms with Gasteiger partial charge in [0.1, 0.15) is 5.60 Å². The van der Waals surface area contributed by atoms with Gasteiger partial charge in [-0.3, -0.25) is 9.59 Å². The minimum Gasteiger partial charge on any atom is -0.360 e. The first-order valence-corrected chi connectivity index (χ1v) is 9.72. The van der Waals surface area contributed by atoms with Crippen LogP contribution in [0, 0.1) is 25.7 Å². The Labute approximate surface area is 161 Å². The van der Waals surface area contributed by atoms with Crippen molar-refractivity contribution in [1.82, 2.24) is 9.80 Å². The van der Waals surface area contributed by atoms with E-state index in [4.69, 9.17) is 4.74 Å². The number of rotatable bonds is 4. The van der Waals surface area contributed by atoms with Gasteiger partial charge in [-0.2, -0.15) is 0 Å². The fraction of sp³-hybridized carbons (Fsp3) is 0.545. The molecular weight excluding hydrogens is 340 g/mol. The van der Waals surface area contributed by atoms with Crippen LogP contribution in [0.2, 0.25) is 0 Å². The van der Waals surface area contributed by atoms with Crippen LogP contribution in [0.1, 0.15) is 30.5 Å². The molecule has 0 aromatic heterocycles. The summed E-state index contributed by atoms with van der Waals surface area (Å²) in [5.41, 5.74) is 2.94. The molecule has 0 aliphatic carbocycles. The van der Waals surface area contributed by atoms with Gasteiger partial charge in [0.2, 0.25) is 11.8 Å². The quantitative estimate of drug-likeness (QED) is 0.767. The van der Waals surface area contributed by atoms with Gasteiger partial charge in [-0.15, -0.1) is 0 Å². The normalized spacial score (nSPS) is 31.1. The maximum atomic E-state index is 13.3. The molecule has 0 N–H and O–H groups in total. The minimum absolute atomic E-state index is 0.00704. The van der Waals surface area contributed by atoms with Crippen molar-refractivity contribution in [1.29, 1.82) is 0 Å². The average molecular weight is 368 g/mol. The molecule has 3 aliphatic rings. The molecular formula is C22H28N2O3. The Morgan fingerprint density at radius 3 is 2.74 bits per heavy atom. The molecule has 1 aromatic carbocycles. The van der Waals surface area contributed by atoms with E-state index in [0.29, 0.717) is 13.1 Å². The standard InChI is InChI=1S/C22H28N2O3/c1-13(2)23(5)20(25)18-17-8-9-22(27-17)12-24(21(26)19(18)22)11-16-7-6-14(3)15(4)10-16/h6-10,13,17-19H,11-12H2,1-5H3/t17-,18?,19?,22-/m1/s1. The average Bonchev–Trinajstić information content (AvgIpc) is 3.25. The number of fused-ring (bicyclic) bond motifs is 1. The maximum absolute atomic E-state index is 13.3. The zero-order chi connectivity index (χ0) is 19.5. The molecule has 144 valence electrons. The lowest BCUT2D eigenvalue weighted by molar-refractivity contribution is -0.143. The van der Waals surface area contributed by atoms with Gasteiger partial charge < -0.3 is 14.5 Å². The lowest BCUT2D eigenvalue weighted by Gasteiger charge is -2.30. The summed E-state index contributed by atoms with van der Waals surface area (Å²) >= 11 is 0. The van der Waals surface area contributed by atoms with Gasteiger partial charge in [0.25, 0.3) is 0 Å². The topological polar surface area (TPSA) is 49.9 Å². The van der Waals surface area contributed by atoms with Crippen LogP contribution in [-0.2, 0) is 20.9 Å². The van der Waals surface area contributed by atoms with Crippen molar-refractivity contribution >= 4 is 11.8 Å². The fourth-order valence-corrected chi connectivity index (χ4v) is 4.61. The van der Waals surface area contributed by atoms with Crippen LogP contribution in [0.15, 0.2) is 30.4 Å². The van der Waals surface area contributed by atoms with Crippen molar-refractivity contribution in [2.24, 2.45) is 11.8 Å². The number of amides is 2. The summed E-state index contributed by atoms with van der Waals surface area (Å²) in [6, 6.07) is 6.40. The second kappa shape index (κ2) is 6.20. The van der Waals surface area contributed by atoms with E-state index >= 15 is 0 Å². The Hall–Kier alpha value is -2.14. The van der Waals surface area contributed by atoms with Gasteiger partial charge in [-0.05, 0) is 44.4 Å². The summed E-state index contributed by atoms with van der Waals surface area (Å²) in [4.78, 5) is 29.9. The van der Waals surface area contributed by atoms with E-state index in [1.807, 2.05) is 37.9 Å². The number of hydrogen-bond donors (Lipinski definition) is 0. The van der Waals surface area contributed by atoms with E-state index < -0.39 is 17.4 Å². The van der Waals surface area contributed by atoms with Crippen LogP contribution < -0.4 is 0 Å². The third-order valence-corrected chi connectivity index (χ3v) is 6.53. The second-order valence-corrected chi connectivity index (χ2v) is 8.56. The highest BCUT2D eigenvalue weighted by Crippen LogP contribution is 2.52. The summed E-state index contributed by atoms with van der Waals surface area (Å²) in [7, 11) is 1.81. The van der Waals surface area contributed by atoms with Gasteiger partial charge >= 0.3 is 0 Å². The first-order valence-electron chi connectivity index (χ1n) is 9.72. The van der Waals surface area contributed by atoms with E-state index in [1.54, 1.807) is 4.90 Å². The molecule has 2 bridgehead atoms. The van der Waals surface area contributed by atoms with Crippen molar-refractivity contribution in [2.45, 2.75) is 52.0 Å². The molecule has 0 saturated carbocycles. The highest BCUT2D eigenvalue weighted by molar-refractivity contribution is 5.93. The van der Waals surface area contributed by atoms with Crippen LogP contribution in [0.25, 0.3) is 0 Å².